The Bertz CT molecular complexity index is 1360. The van der Waals surface area contributed by atoms with Gasteiger partial charge in [-0.15, -0.1) is 0 Å². The molecule has 5 nitrogen and oxygen atoms in total. The van der Waals surface area contributed by atoms with Crippen LogP contribution in [0.3, 0.4) is 0 Å². The van der Waals surface area contributed by atoms with Crippen LogP contribution in [0.25, 0.3) is 21.7 Å². The van der Waals surface area contributed by atoms with E-state index in [0.29, 0.717) is 39.8 Å². The molecule has 0 bridgehead atoms. The van der Waals surface area contributed by atoms with Gasteiger partial charge in [0.05, 0.1) is 24.6 Å². The summed E-state index contributed by atoms with van der Waals surface area (Å²) in [6.45, 7) is 0.775. The predicted molar refractivity (Wildman–Crippen MR) is 107 cm³/mol. The number of fused-ring (bicyclic) bond motifs is 4. The van der Waals surface area contributed by atoms with Crippen LogP contribution in [0.1, 0.15) is 23.0 Å². The van der Waals surface area contributed by atoms with E-state index < -0.39 is 28.8 Å². The zero-order valence-electron chi connectivity index (χ0n) is 16.4. The van der Waals surface area contributed by atoms with Crippen molar-refractivity contribution in [3.05, 3.63) is 80.9 Å². The first-order chi connectivity index (χ1) is 14.8. The molecular weight excluding hydrogens is 414 g/mol. The largest absolute Gasteiger partial charge is 0.373 e. The Hall–Kier alpha value is -3.17. The third-order valence-electron chi connectivity index (χ3n) is 5.71. The number of ether oxygens (including phenoxy) is 1. The molecule has 4 aromatic rings. The first-order valence-electron chi connectivity index (χ1n) is 9.60. The van der Waals surface area contributed by atoms with E-state index in [4.69, 9.17) is 4.74 Å². The van der Waals surface area contributed by atoms with E-state index in [2.05, 4.69) is 9.97 Å². The molecule has 2 N–H and O–H groups in total. The van der Waals surface area contributed by atoms with Gasteiger partial charge in [-0.25, -0.2) is 17.6 Å². The lowest BCUT2D eigenvalue weighted by molar-refractivity contribution is 0.0374. The molecule has 1 aliphatic rings. The van der Waals surface area contributed by atoms with Crippen LogP contribution in [-0.4, -0.2) is 28.5 Å². The minimum Gasteiger partial charge on any atom is -0.373 e. The van der Waals surface area contributed by atoms with Crippen LogP contribution in [-0.2, 0) is 17.9 Å². The van der Waals surface area contributed by atoms with Crippen molar-refractivity contribution in [3.63, 3.8) is 0 Å². The number of nitrogens with one attached hydrogen (secondary N) is 2. The normalized spacial score (nSPS) is 16.4. The third kappa shape index (κ3) is 3.30. The minimum absolute atomic E-state index is 0.0644. The molecule has 160 valence electrons. The number of H-pyrrole nitrogens is 2. The summed E-state index contributed by atoms with van der Waals surface area (Å²) in [4.78, 5) is 20.0. The molecule has 2 aromatic carbocycles. The molecule has 0 saturated carbocycles. The van der Waals surface area contributed by atoms with Crippen molar-refractivity contribution in [2.75, 3.05) is 13.7 Å². The summed E-state index contributed by atoms with van der Waals surface area (Å²) in [5.41, 5.74) is 1.83. The van der Waals surface area contributed by atoms with Gasteiger partial charge in [0.25, 0.3) is 5.56 Å². The number of hydrogen-bond acceptors (Lipinski definition) is 3. The van der Waals surface area contributed by atoms with Crippen molar-refractivity contribution < 1.29 is 22.3 Å². The van der Waals surface area contributed by atoms with Crippen LogP contribution in [0.15, 0.2) is 35.1 Å². The molecule has 31 heavy (non-hydrogen) atoms. The van der Waals surface area contributed by atoms with Crippen molar-refractivity contribution in [2.45, 2.75) is 19.2 Å². The highest BCUT2D eigenvalue weighted by Gasteiger charge is 2.29. The number of halogens is 4. The van der Waals surface area contributed by atoms with Gasteiger partial charge in [0.1, 0.15) is 0 Å². The Balaban J connectivity index is 1.56. The number of benzene rings is 2. The van der Waals surface area contributed by atoms with Gasteiger partial charge in [0, 0.05) is 40.5 Å². The molecular formula is C22H17F4N3O2. The van der Waals surface area contributed by atoms with Gasteiger partial charge >= 0.3 is 0 Å². The number of nitrogens with zero attached hydrogens (tertiary/aromatic N) is 1. The molecule has 0 radical (unpaired) electrons. The summed E-state index contributed by atoms with van der Waals surface area (Å²) < 4.78 is 60.4. The van der Waals surface area contributed by atoms with E-state index in [1.165, 1.54) is 0 Å². The van der Waals surface area contributed by atoms with E-state index in [0.717, 1.165) is 24.3 Å². The average molecular weight is 431 g/mol. The molecule has 3 heterocycles. The second-order valence-corrected chi connectivity index (χ2v) is 7.75. The van der Waals surface area contributed by atoms with Crippen LogP contribution >= 0.6 is 0 Å². The molecule has 0 spiro atoms. The van der Waals surface area contributed by atoms with Crippen LogP contribution < -0.4 is 5.56 Å². The summed E-state index contributed by atoms with van der Waals surface area (Å²) in [6, 6.07) is 5.52. The maximum Gasteiger partial charge on any atom is 0.256 e. The molecule has 5 rings (SSSR count). The molecule has 9 heteroatoms. The minimum atomic E-state index is -1.09. The maximum absolute atomic E-state index is 14.0. The summed E-state index contributed by atoms with van der Waals surface area (Å²) in [5, 5.41) is 0.933. The first-order valence-corrected chi connectivity index (χ1v) is 9.60. The zero-order chi connectivity index (χ0) is 21.9. The van der Waals surface area contributed by atoms with E-state index >= 15 is 0 Å². The summed E-state index contributed by atoms with van der Waals surface area (Å²) >= 11 is 0. The Morgan fingerprint density at radius 3 is 2.42 bits per heavy atom. The lowest BCUT2D eigenvalue weighted by Gasteiger charge is -2.33. The molecule has 0 saturated heterocycles. The fraction of sp³-hybridized carbons (Fsp3) is 0.227. The van der Waals surface area contributed by atoms with E-state index in [1.54, 1.807) is 6.07 Å². The van der Waals surface area contributed by atoms with Gasteiger partial charge in [-0.3, -0.25) is 9.69 Å². The summed E-state index contributed by atoms with van der Waals surface area (Å²) in [6.07, 6.45) is 0. The lowest BCUT2D eigenvalue weighted by Crippen LogP contribution is -2.33. The molecule has 1 atom stereocenters. The van der Waals surface area contributed by atoms with Crippen LogP contribution in [0.4, 0.5) is 17.6 Å². The quantitative estimate of drug-likeness (QED) is 0.477. The molecule has 1 aliphatic heterocycles. The molecule has 0 aliphatic carbocycles. The van der Waals surface area contributed by atoms with E-state index in [-0.39, 0.29) is 24.6 Å². The number of aromatic amines is 2. The molecule has 0 amide bonds. The van der Waals surface area contributed by atoms with Gasteiger partial charge < -0.3 is 14.7 Å². The Morgan fingerprint density at radius 1 is 0.968 bits per heavy atom. The van der Waals surface area contributed by atoms with Crippen LogP contribution in [0.2, 0.25) is 0 Å². The highest BCUT2D eigenvalue weighted by molar-refractivity contribution is 5.86. The van der Waals surface area contributed by atoms with E-state index in [9.17, 15) is 22.4 Å². The van der Waals surface area contributed by atoms with E-state index in [1.807, 2.05) is 11.9 Å². The van der Waals surface area contributed by atoms with Crippen molar-refractivity contribution >= 4 is 21.7 Å². The second kappa shape index (κ2) is 7.21. The van der Waals surface area contributed by atoms with Crippen LogP contribution in [0, 0.1) is 23.3 Å². The Morgan fingerprint density at radius 2 is 1.65 bits per heavy atom. The van der Waals surface area contributed by atoms with Gasteiger partial charge in [-0.05, 0) is 36.7 Å². The molecule has 0 fully saturated rings. The van der Waals surface area contributed by atoms with Crippen molar-refractivity contribution in [2.24, 2.45) is 0 Å². The summed E-state index contributed by atoms with van der Waals surface area (Å²) in [7, 11) is 1.81. The van der Waals surface area contributed by atoms with Crippen molar-refractivity contribution in [1.82, 2.24) is 14.9 Å². The molecule has 2 aromatic heterocycles. The lowest BCUT2D eigenvalue weighted by atomic mass is 9.95. The number of aromatic nitrogens is 2. The van der Waals surface area contributed by atoms with Crippen molar-refractivity contribution in [3.8, 4) is 0 Å². The smallest absolute Gasteiger partial charge is 0.256 e. The zero-order valence-corrected chi connectivity index (χ0v) is 16.4. The average Bonchev–Trinajstić information content (AvgIpc) is 3.10. The van der Waals surface area contributed by atoms with Crippen molar-refractivity contribution in [1.29, 1.82) is 0 Å². The fourth-order valence-corrected chi connectivity index (χ4v) is 4.24. The maximum atomic E-state index is 14.0. The Labute approximate surface area is 173 Å². The van der Waals surface area contributed by atoms with Gasteiger partial charge in [-0.2, -0.15) is 0 Å². The number of rotatable bonds is 3. The second-order valence-electron chi connectivity index (χ2n) is 7.75. The first kappa shape index (κ1) is 19.8. The Kier molecular flexibility index (Phi) is 4.60. The number of hydrogen-bond donors (Lipinski definition) is 2. The summed E-state index contributed by atoms with van der Waals surface area (Å²) in [5.74, 6) is -3.99. The van der Waals surface area contributed by atoms with Gasteiger partial charge in [0.15, 0.2) is 23.3 Å². The predicted octanol–water partition coefficient (Wildman–Crippen LogP) is 4.27. The number of pyridine rings is 1. The van der Waals surface area contributed by atoms with Crippen LogP contribution in [0.5, 0.6) is 0 Å². The fourth-order valence-electron chi connectivity index (χ4n) is 4.24. The highest BCUT2D eigenvalue weighted by atomic mass is 19.2. The third-order valence-corrected chi connectivity index (χ3v) is 5.71. The van der Waals surface area contributed by atoms with Gasteiger partial charge in [0.2, 0.25) is 0 Å². The molecule has 0 unspecified atom stereocenters. The monoisotopic (exact) mass is 431 g/mol. The SMILES string of the molecule is CN(Cc1cc2cc(F)c(F)cc2[nH]1)[C@H]1COCc2[nH]c(=O)c3cc(F)c(F)cc3c21. The standard InChI is InChI=1S/C22H17F4N3O2/c1-29(7-11-2-10-3-14(23)17(26)6-18(10)27-11)20-9-31-8-19-21(20)12-4-15(24)16(25)5-13(12)22(30)28-19/h2-6,20,27H,7-9H2,1H3,(H,28,30)/t20-/m0/s1. The highest BCUT2D eigenvalue weighted by Crippen LogP contribution is 2.34. The number of likely N-dealkylation sites (N-methyl/N-ethyl adjacent to an activating group) is 1. The topological polar surface area (TPSA) is 61.1 Å². The van der Waals surface area contributed by atoms with Gasteiger partial charge in [-0.1, -0.05) is 0 Å².